The topological polar surface area (TPSA) is 92.2 Å². The highest BCUT2D eigenvalue weighted by Gasteiger charge is 2.31. The van der Waals surface area contributed by atoms with Gasteiger partial charge < -0.3 is 10.4 Å². The number of carboxylic acids is 1. The third kappa shape index (κ3) is 3.66. The van der Waals surface area contributed by atoms with Crippen LogP contribution >= 0.6 is 11.6 Å². The lowest BCUT2D eigenvalue weighted by molar-refractivity contribution is -0.142. The largest absolute Gasteiger partial charge is 0.481 e. The van der Waals surface area contributed by atoms with Gasteiger partial charge in [-0.1, -0.05) is 30.9 Å². The van der Waals surface area contributed by atoms with E-state index in [0.29, 0.717) is 12.8 Å². The number of nitrogens with zero attached hydrogens (tertiary/aromatic N) is 2. The average molecular weight is 298 g/mol. The van der Waals surface area contributed by atoms with E-state index in [2.05, 4.69) is 15.3 Å². The van der Waals surface area contributed by atoms with Crippen LogP contribution in [0, 0.1) is 5.92 Å². The van der Waals surface area contributed by atoms with E-state index in [1.54, 1.807) is 0 Å². The number of carbonyl (C=O) groups excluding carboxylic acids is 1. The van der Waals surface area contributed by atoms with Crippen LogP contribution in [0.15, 0.2) is 12.4 Å². The Bertz CT molecular complexity index is 492. The molecule has 1 heterocycles. The van der Waals surface area contributed by atoms with Gasteiger partial charge in [0, 0.05) is 6.04 Å². The SMILES string of the molecule is O=C(NC1CCCCCC1C(=O)O)c1cnc(Cl)cn1. The minimum atomic E-state index is -0.862. The van der Waals surface area contributed by atoms with E-state index >= 15 is 0 Å². The molecule has 2 N–H and O–H groups in total. The predicted molar refractivity (Wildman–Crippen MR) is 72.5 cm³/mol. The smallest absolute Gasteiger partial charge is 0.308 e. The van der Waals surface area contributed by atoms with E-state index in [9.17, 15) is 14.7 Å². The minimum absolute atomic E-state index is 0.141. The van der Waals surface area contributed by atoms with Crippen molar-refractivity contribution in [1.29, 1.82) is 0 Å². The number of hydrogen-bond donors (Lipinski definition) is 2. The molecule has 2 rings (SSSR count). The van der Waals surface area contributed by atoms with Gasteiger partial charge >= 0.3 is 5.97 Å². The van der Waals surface area contributed by atoms with Gasteiger partial charge in [0.15, 0.2) is 0 Å². The van der Waals surface area contributed by atoms with Crippen molar-refractivity contribution in [3.05, 3.63) is 23.2 Å². The van der Waals surface area contributed by atoms with Crippen LogP contribution in [0.1, 0.15) is 42.6 Å². The van der Waals surface area contributed by atoms with E-state index in [1.165, 1.54) is 12.4 Å². The van der Waals surface area contributed by atoms with Gasteiger partial charge in [0.25, 0.3) is 5.91 Å². The lowest BCUT2D eigenvalue weighted by Crippen LogP contribution is -2.43. The molecule has 2 unspecified atom stereocenters. The Kier molecular flexibility index (Phi) is 4.89. The molecule has 0 bridgehead atoms. The molecule has 20 heavy (non-hydrogen) atoms. The van der Waals surface area contributed by atoms with Crippen LogP contribution in [0.4, 0.5) is 0 Å². The summed E-state index contributed by atoms with van der Waals surface area (Å²) in [6.45, 7) is 0. The van der Waals surface area contributed by atoms with Gasteiger partial charge in [0.1, 0.15) is 10.8 Å². The normalized spacial score (nSPS) is 22.9. The summed E-state index contributed by atoms with van der Waals surface area (Å²) >= 11 is 5.61. The van der Waals surface area contributed by atoms with Gasteiger partial charge in [0.05, 0.1) is 18.3 Å². The highest BCUT2D eigenvalue weighted by atomic mass is 35.5. The van der Waals surface area contributed by atoms with Crippen LogP contribution < -0.4 is 5.32 Å². The summed E-state index contributed by atoms with van der Waals surface area (Å²) in [5.74, 6) is -1.81. The van der Waals surface area contributed by atoms with Crippen molar-refractivity contribution in [2.75, 3.05) is 0 Å². The third-order valence-corrected chi connectivity index (χ3v) is 3.70. The van der Waals surface area contributed by atoms with E-state index in [-0.39, 0.29) is 16.9 Å². The van der Waals surface area contributed by atoms with Crippen molar-refractivity contribution in [3.63, 3.8) is 0 Å². The second kappa shape index (κ2) is 6.65. The first-order valence-corrected chi connectivity index (χ1v) is 6.97. The quantitative estimate of drug-likeness (QED) is 0.831. The standard InChI is InChI=1S/C13H16ClN3O3/c14-11-7-15-10(6-16-11)12(18)17-9-5-3-1-2-4-8(9)13(19)20/h6-9H,1-5H2,(H,17,18)(H,19,20). The molecular weight excluding hydrogens is 282 g/mol. The van der Waals surface area contributed by atoms with Crippen molar-refractivity contribution in [3.8, 4) is 0 Å². The molecule has 0 aromatic carbocycles. The zero-order valence-corrected chi connectivity index (χ0v) is 11.6. The Morgan fingerprint density at radius 2 is 1.95 bits per heavy atom. The summed E-state index contributed by atoms with van der Waals surface area (Å²) in [5.41, 5.74) is 0.141. The zero-order chi connectivity index (χ0) is 14.5. The Morgan fingerprint density at radius 1 is 1.20 bits per heavy atom. The fourth-order valence-corrected chi connectivity index (χ4v) is 2.55. The number of halogens is 1. The number of carbonyl (C=O) groups is 2. The minimum Gasteiger partial charge on any atom is -0.481 e. The number of hydrogen-bond acceptors (Lipinski definition) is 4. The number of nitrogens with one attached hydrogen (secondary N) is 1. The number of rotatable bonds is 3. The van der Waals surface area contributed by atoms with E-state index in [1.807, 2.05) is 0 Å². The van der Waals surface area contributed by atoms with Crippen LogP contribution in [0.25, 0.3) is 0 Å². The predicted octanol–water partition coefficient (Wildman–Crippen LogP) is 1.89. The second-order valence-electron chi connectivity index (χ2n) is 4.89. The molecule has 7 heteroatoms. The zero-order valence-electron chi connectivity index (χ0n) is 10.9. The number of carboxylic acid groups (broad SMARTS) is 1. The van der Waals surface area contributed by atoms with Crippen LogP contribution in [-0.4, -0.2) is 33.0 Å². The lowest BCUT2D eigenvalue weighted by Gasteiger charge is -2.22. The summed E-state index contributed by atoms with van der Waals surface area (Å²) < 4.78 is 0. The fraction of sp³-hybridized carbons (Fsp3) is 0.538. The summed E-state index contributed by atoms with van der Waals surface area (Å²) in [5, 5.41) is 12.2. The average Bonchev–Trinajstić information content (AvgIpc) is 2.65. The Labute approximate surface area is 121 Å². The van der Waals surface area contributed by atoms with Crippen LogP contribution in [0.5, 0.6) is 0 Å². The van der Waals surface area contributed by atoms with Crippen molar-refractivity contribution in [1.82, 2.24) is 15.3 Å². The van der Waals surface area contributed by atoms with Crippen LogP contribution in [0.3, 0.4) is 0 Å². The van der Waals surface area contributed by atoms with Gasteiger partial charge in [-0.15, -0.1) is 0 Å². The first-order chi connectivity index (χ1) is 9.58. The van der Waals surface area contributed by atoms with Crippen molar-refractivity contribution < 1.29 is 14.7 Å². The van der Waals surface area contributed by atoms with Crippen molar-refractivity contribution in [2.45, 2.75) is 38.1 Å². The van der Waals surface area contributed by atoms with Crippen molar-refractivity contribution in [2.24, 2.45) is 5.92 Å². The summed E-state index contributed by atoms with van der Waals surface area (Å²) in [6.07, 6.45) is 6.63. The molecule has 1 amide bonds. The molecule has 2 atom stereocenters. The van der Waals surface area contributed by atoms with Gasteiger partial charge in [-0.25, -0.2) is 9.97 Å². The molecule has 1 aliphatic rings. The van der Waals surface area contributed by atoms with Gasteiger partial charge in [-0.2, -0.15) is 0 Å². The number of aliphatic carboxylic acids is 1. The first-order valence-electron chi connectivity index (χ1n) is 6.59. The molecule has 1 saturated carbocycles. The first kappa shape index (κ1) is 14.7. The monoisotopic (exact) mass is 297 g/mol. The van der Waals surface area contributed by atoms with E-state index in [4.69, 9.17) is 11.6 Å². The molecule has 0 radical (unpaired) electrons. The number of amides is 1. The molecule has 6 nitrogen and oxygen atoms in total. The summed E-state index contributed by atoms with van der Waals surface area (Å²) in [7, 11) is 0. The lowest BCUT2D eigenvalue weighted by atomic mass is 9.95. The maximum absolute atomic E-state index is 12.1. The number of aromatic nitrogens is 2. The third-order valence-electron chi connectivity index (χ3n) is 3.50. The second-order valence-corrected chi connectivity index (χ2v) is 5.27. The molecule has 1 aromatic heterocycles. The molecule has 1 aliphatic carbocycles. The molecule has 0 saturated heterocycles. The summed E-state index contributed by atoms with van der Waals surface area (Å²) in [4.78, 5) is 31.0. The fourth-order valence-electron chi connectivity index (χ4n) is 2.45. The van der Waals surface area contributed by atoms with E-state index < -0.39 is 17.8 Å². The highest BCUT2D eigenvalue weighted by molar-refractivity contribution is 6.29. The Morgan fingerprint density at radius 3 is 2.60 bits per heavy atom. The van der Waals surface area contributed by atoms with E-state index in [0.717, 1.165) is 19.3 Å². The van der Waals surface area contributed by atoms with Crippen LogP contribution in [0.2, 0.25) is 5.15 Å². The Hall–Kier alpha value is -1.69. The maximum atomic E-state index is 12.1. The van der Waals surface area contributed by atoms with Crippen LogP contribution in [-0.2, 0) is 4.79 Å². The van der Waals surface area contributed by atoms with Gasteiger partial charge in [-0.05, 0) is 12.8 Å². The maximum Gasteiger partial charge on any atom is 0.308 e. The molecular formula is C13H16ClN3O3. The van der Waals surface area contributed by atoms with Gasteiger partial charge in [0.2, 0.25) is 0 Å². The molecule has 1 fully saturated rings. The summed E-state index contributed by atoms with van der Waals surface area (Å²) in [6, 6.07) is -0.361. The van der Waals surface area contributed by atoms with Crippen molar-refractivity contribution >= 4 is 23.5 Å². The molecule has 1 aromatic rings. The molecule has 108 valence electrons. The Balaban J connectivity index is 2.07. The van der Waals surface area contributed by atoms with Gasteiger partial charge in [-0.3, -0.25) is 9.59 Å². The molecule has 0 spiro atoms. The highest BCUT2D eigenvalue weighted by Crippen LogP contribution is 2.24. The molecule has 0 aliphatic heterocycles.